The molecule has 1 aliphatic rings. The maximum atomic E-state index is 5.95. The summed E-state index contributed by atoms with van der Waals surface area (Å²) in [7, 11) is 3.55. The predicted molar refractivity (Wildman–Crippen MR) is 144 cm³/mol. The van der Waals surface area contributed by atoms with Gasteiger partial charge in [-0.25, -0.2) is 0 Å². The molecule has 184 valence electrons. The van der Waals surface area contributed by atoms with E-state index < -0.39 is 0 Å². The number of aryl methyl sites for hydroxylation is 2. The molecule has 2 heteroatoms. The molecule has 4 bridgehead atoms. The van der Waals surface area contributed by atoms with Gasteiger partial charge in [0.15, 0.2) is 0 Å². The highest BCUT2D eigenvalue weighted by molar-refractivity contribution is 5.60. The van der Waals surface area contributed by atoms with Gasteiger partial charge in [0.25, 0.3) is 0 Å². The summed E-state index contributed by atoms with van der Waals surface area (Å²) >= 11 is 0. The highest BCUT2D eigenvalue weighted by atomic mass is 16.5. The van der Waals surface area contributed by atoms with E-state index in [2.05, 4.69) is 77.6 Å². The number of rotatable bonds is 2. The van der Waals surface area contributed by atoms with Gasteiger partial charge in [-0.2, -0.15) is 0 Å². The first kappa shape index (κ1) is 26.2. The van der Waals surface area contributed by atoms with Crippen LogP contribution in [0.2, 0.25) is 0 Å². The van der Waals surface area contributed by atoms with Crippen LogP contribution in [0.1, 0.15) is 113 Å². The van der Waals surface area contributed by atoms with E-state index in [9.17, 15) is 0 Å². The highest BCUT2D eigenvalue weighted by Crippen LogP contribution is 2.35. The molecule has 0 radical (unpaired) electrons. The van der Waals surface area contributed by atoms with Crippen molar-refractivity contribution in [2.75, 3.05) is 14.2 Å². The summed E-state index contributed by atoms with van der Waals surface area (Å²) < 4.78 is 11.9. The third-order valence-electron chi connectivity index (χ3n) is 6.95. The van der Waals surface area contributed by atoms with Gasteiger partial charge in [0.05, 0.1) is 25.3 Å². The van der Waals surface area contributed by atoms with E-state index in [1.165, 1.54) is 60.8 Å². The molecular weight excluding hydrogens is 416 g/mol. The summed E-state index contributed by atoms with van der Waals surface area (Å²) in [6.45, 7) is 13.6. The summed E-state index contributed by atoms with van der Waals surface area (Å²) in [4.78, 5) is 0. The molecule has 0 saturated carbocycles. The molecule has 2 aromatic rings. The Morgan fingerprint density at radius 3 is 1.24 bits per heavy atom. The summed E-state index contributed by atoms with van der Waals surface area (Å²) in [6, 6.07) is 9.12. The van der Waals surface area contributed by atoms with Crippen LogP contribution >= 0.6 is 0 Å². The van der Waals surface area contributed by atoms with Crippen molar-refractivity contribution >= 4 is 0 Å². The van der Waals surface area contributed by atoms with E-state index in [-0.39, 0.29) is 10.8 Å². The fourth-order valence-electron chi connectivity index (χ4n) is 4.76. The number of ether oxygens (including phenoxy) is 2. The topological polar surface area (TPSA) is 18.5 Å². The largest absolute Gasteiger partial charge is 0.495 e. The first-order chi connectivity index (χ1) is 16.0. The molecule has 0 atom stereocenters. The first-order valence-corrected chi connectivity index (χ1v) is 13.0. The number of hydrogen-bond acceptors (Lipinski definition) is 2. The Bertz CT molecular complexity index is 968. The smallest absolute Gasteiger partial charge is 0.137 e. The van der Waals surface area contributed by atoms with Crippen molar-refractivity contribution in [3.63, 3.8) is 0 Å². The molecule has 0 spiro atoms. The molecule has 0 aromatic heterocycles. The third kappa shape index (κ3) is 6.38. The minimum absolute atomic E-state index is 0.0509. The lowest BCUT2D eigenvalue weighted by molar-refractivity contribution is 0.405. The molecule has 0 heterocycles. The summed E-state index contributed by atoms with van der Waals surface area (Å²) in [5, 5.41) is 0. The Hall–Kier alpha value is -2.40. The SMILES string of the molecule is COc1c2cc(C(C)(C)C)cc1CCCCCCCCc1cc(C(C)(C)C)cc(c1OC)C#C2. The zero-order chi connectivity index (χ0) is 24.9. The third-order valence-corrected chi connectivity index (χ3v) is 6.95. The lowest BCUT2D eigenvalue weighted by Crippen LogP contribution is -2.13. The van der Waals surface area contributed by atoms with Gasteiger partial charge in [0.1, 0.15) is 11.5 Å². The monoisotopic (exact) mass is 460 g/mol. The zero-order valence-electron chi connectivity index (χ0n) is 22.8. The van der Waals surface area contributed by atoms with E-state index in [4.69, 9.17) is 9.47 Å². The van der Waals surface area contributed by atoms with Crippen LogP contribution in [0.25, 0.3) is 0 Å². The molecule has 3 rings (SSSR count). The molecule has 0 aliphatic heterocycles. The average Bonchev–Trinajstić information content (AvgIpc) is 2.76. The quantitative estimate of drug-likeness (QED) is 0.421. The van der Waals surface area contributed by atoms with Crippen LogP contribution in [0.15, 0.2) is 24.3 Å². The summed E-state index contributed by atoms with van der Waals surface area (Å²) in [5.41, 5.74) is 7.23. The Balaban J connectivity index is 2.25. The van der Waals surface area contributed by atoms with Crippen molar-refractivity contribution < 1.29 is 9.47 Å². The van der Waals surface area contributed by atoms with Gasteiger partial charge in [-0.05, 0) is 70.9 Å². The van der Waals surface area contributed by atoms with Gasteiger partial charge in [-0.15, -0.1) is 0 Å². The van der Waals surface area contributed by atoms with Gasteiger partial charge >= 0.3 is 0 Å². The van der Waals surface area contributed by atoms with Crippen LogP contribution in [0.4, 0.5) is 0 Å². The molecule has 2 nitrogen and oxygen atoms in total. The molecule has 0 amide bonds. The second-order valence-corrected chi connectivity index (χ2v) is 11.8. The van der Waals surface area contributed by atoms with E-state index in [1.54, 1.807) is 14.2 Å². The molecule has 0 saturated heterocycles. The first-order valence-electron chi connectivity index (χ1n) is 13.0. The minimum Gasteiger partial charge on any atom is -0.495 e. The molecular formula is C32H44O2. The van der Waals surface area contributed by atoms with E-state index in [0.29, 0.717) is 0 Å². The van der Waals surface area contributed by atoms with E-state index >= 15 is 0 Å². The number of methoxy groups -OCH3 is 2. The normalized spacial score (nSPS) is 15.3. The number of hydrogen-bond donors (Lipinski definition) is 0. The maximum Gasteiger partial charge on any atom is 0.137 e. The Morgan fingerprint density at radius 2 is 0.912 bits per heavy atom. The van der Waals surface area contributed by atoms with Crippen molar-refractivity contribution in [1.29, 1.82) is 0 Å². The van der Waals surface area contributed by atoms with Gasteiger partial charge < -0.3 is 9.47 Å². The minimum atomic E-state index is 0.0509. The molecule has 0 fully saturated rings. The van der Waals surface area contributed by atoms with Crippen molar-refractivity contribution in [3.05, 3.63) is 57.6 Å². The van der Waals surface area contributed by atoms with Gasteiger partial charge in [0, 0.05) is 0 Å². The second-order valence-electron chi connectivity index (χ2n) is 11.8. The van der Waals surface area contributed by atoms with Crippen LogP contribution in [-0.2, 0) is 23.7 Å². The highest BCUT2D eigenvalue weighted by Gasteiger charge is 2.21. The van der Waals surface area contributed by atoms with Crippen molar-refractivity contribution in [2.24, 2.45) is 0 Å². The van der Waals surface area contributed by atoms with E-state index in [0.717, 1.165) is 35.5 Å². The Kier molecular flexibility index (Phi) is 8.40. The summed E-state index contributed by atoms with van der Waals surface area (Å²) in [6.07, 6.45) is 9.56. The molecule has 1 aliphatic carbocycles. The van der Waals surface area contributed by atoms with Crippen molar-refractivity contribution in [3.8, 4) is 23.3 Å². The van der Waals surface area contributed by atoms with Crippen LogP contribution in [-0.4, -0.2) is 14.2 Å². The van der Waals surface area contributed by atoms with Crippen molar-refractivity contribution in [2.45, 2.75) is 104 Å². The predicted octanol–water partition coefficient (Wildman–Crippen LogP) is 8.14. The number of fused-ring (bicyclic) bond motifs is 4. The van der Waals surface area contributed by atoms with E-state index in [1.807, 2.05) is 0 Å². The van der Waals surface area contributed by atoms with Crippen LogP contribution in [0.3, 0.4) is 0 Å². The van der Waals surface area contributed by atoms with Gasteiger partial charge in [-0.3, -0.25) is 0 Å². The number of benzene rings is 2. The molecule has 2 aromatic carbocycles. The lowest BCUT2D eigenvalue weighted by atomic mass is 9.83. The fraction of sp³-hybridized carbons (Fsp3) is 0.562. The lowest BCUT2D eigenvalue weighted by Gasteiger charge is -2.23. The van der Waals surface area contributed by atoms with Gasteiger partial charge in [-0.1, -0.05) is 91.2 Å². The van der Waals surface area contributed by atoms with Crippen molar-refractivity contribution in [1.82, 2.24) is 0 Å². The molecule has 0 unspecified atom stereocenters. The standard InChI is InChI=1S/C32H44O2/c1-31(2,3)27-19-23-15-13-11-9-10-12-14-16-24-20-28(32(4,5)6)22-26(30(24)34-8)18-17-25(21-27)29(23)33-7/h19-22H,9-16H2,1-8H3. The summed E-state index contributed by atoms with van der Waals surface area (Å²) in [5.74, 6) is 8.87. The average molecular weight is 461 g/mol. The maximum absolute atomic E-state index is 5.95. The van der Waals surface area contributed by atoms with Crippen LogP contribution in [0.5, 0.6) is 11.5 Å². The van der Waals surface area contributed by atoms with Gasteiger partial charge in [0.2, 0.25) is 0 Å². The second kappa shape index (κ2) is 10.9. The molecule has 0 N–H and O–H groups in total. The molecule has 34 heavy (non-hydrogen) atoms. The Labute approximate surface area is 208 Å². The fourth-order valence-corrected chi connectivity index (χ4v) is 4.76. The Morgan fingerprint density at radius 1 is 0.559 bits per heavy atom. The van der Waals surface area contributed by atoms with Crippen LogP contribution < -0.4 is 9.47 Å². The van der Waals surface area contributed by atoms with Crippen LogP contribution in [0, 0.1) is 11.8 Å². The zero-order valence-corrected chi connectivity index (χ0v) is 22.8.